The summed E-state index contributed by atoms with van der Waals surface area (Å²) in [7, 11) is 0. The van der Waals surface area contributed by atoms with Gasteiger partial charge in [-0.3, -0.25) is 0 Å². The van der Waals surface area contributed by atoms with Crippen molar-refractivity contribution in [3.05, 3.63) is 58.9 Å². The summed E-state index contributed by atoms with van der Waals surface area (Å²) >= 11 is 0. The summed E-state index contributed by atoms with van der Waals surface area (Å²) in [4.78, 5) is 2.47. The van der Waals surface area contributed by atoms with Crippen LogP contribution in [0.2, 0.25) is 0 Å². The molecule has 1 aromatic heterocycles. The van der Waals surface area contributed by atoms with Gasteiger partial charge in [-0.15, -0.1) is 0 Å². The Hall–Kier alpha value is -2.36. The molecule has 0 amide bonds. The van der Waals surface area contributed by atoms with Crippen LogP contribution in [0.4, 0.5) is 36.4 Å². The van der Waals surface area contributed by atoms with E-state index in [4.69, 9.17) is 4.74 Å². The smallest absolute Gasteiger partial charge is 0.381 e. The van der Waals surface area contributed by atoms with Crippen molar-refractivity contribution in [1.82, 2.24) is 4.98 Å². The maximum atomic E-state index is 13.9. The Bertz CT molecular complexity index is 837. The van der Waals surface area contributed by atoms with Crippen molar-refractivity contribution in [2.45, 2.75) is 24.4 Å². The topological polar surface area (TPSA) is 34.2 Å². The number of halogens is 7. The monoisotopic (exact) mass is 408 g/mol. The first-order valence-corrected chi connectivity index (χ1v) is 8.33. The van der Waals surface area contributed by atoms with E-state index in [2.05, 4.69) is 10.3 Å². The molecule has 2 heterocycles. The maximum absolute atomic E-state index is 13.9. The fraction of sp³-hybridized carbons (Fsp3) is 0.389. The van der Waals surface area contributed by atoms with Gasteiger partial charge in [0, 0.05) is 25.2 Å². The van der Waals surface area contributed by atoms with Gasteiger partial charge in [0.2, 0.25) is 11.6 Å². The Balaban J connectivity index is 1.96. The van der Waals surface area contributed by atoms with E-state index in [-0.39, 0.29) is 38.2 Å². The molecule has 10 heteroatoms. The Morgan fingerprint density at radius 1 is 1.00 bits per heavy atom. The van der Waals surface area contributed by atoms with Gasteiger partial charge < -0.3 is 10.1 Å². The number of benzene rings is 1. The zero-order valence-corrected chi connectivity index (χ0v) is 14.3. The number of aromatic nitrogens is 1. The highest BCUT2D eigenvalue weighted by atomic mass is 19.4. The summed E-state index contributed by atoms with van der Waals surface area (Å²) in [6, 6.07) is 4.59. The molecule has 28 heavy (non-hydrogen) atoms. The number of pyridine rings is 1. The number of hydrogen-bond acceptors (Lipinski definition) is 3. The van der Waals surface area contributed by atoms with E-state index in [1.807, 2.05) is 0 Å². The van der Waals surface area contributed by atoms with Gasteiger partial charge in [0.1, 0.15) is 5.69 Å². The lowest BCUT2D eigenvalue weighted by Crippen LogP contribution is -2.40. The molecule has 0 spiro atoms. The number of nitrogens with zero attached hydrogens (tertiary/aromatic N) is 1. The van der Waals surface area contributed by atoms with Crippen LogP contribution in [0, 0.1) is 23.5 Å². The maximum Gasteiger partial charge on any atom is 0.416 e. The van der Waals surface area contributed by atoms with E-state index in [1.54, 1.807) is 0 Å². The molecule has 152 valence electrons. The molecular formula is C18H15F7N2O. The molecule has 1 aromatic carbocycles. The molecule has 0 atom stereocenters. The van der Waals surface area contributed by atoms with Crippen molar-refractivity contribution >= 4 is 5.69 Å². The van der Waals surface area contributed by atoms with Gasteiger partial charge in [-0.05, 0) is 24.5 Å². The van der Waals surface area contributed by atoms with Gasteiger partial charge >= 0.3 is 6.18 Å². The van der Waals surface area contributed by atoms with Crippen LogP contribution in [0.15, 0.2) is 24.3 Å². The summed E-state index contributed by atoms with van der Waals surface area (Å²) in [6.07, 6.45) is -4.06. The SMILES string of the molecule is Fc1nc(F)c(F)c(NCC2(c3cccc(C(F)(F)F)c3)CCOCC2)c1F. The molecular weight excluding hydrogens is 393 g/mol. The second-order valence-corrected chi connectivity index (χ2v) is 6.52. The number of hydrogen-bond donors (Lipinski definition) is 1. The van der Waals surface area contributed by atoms with Crippen molar-refractivity contribution in [2.24, 2.45) is 0 Å². The number of ether oxygens (including phenoxy) is 1. The second kappa shape index (κ2) is 7.57. The number of alkyl halides is 3. The van der Waals surface area contributed by atoms with Crippen LogP contribution >= 0.6 is 0 Å². The highest BCUT2D eigenvalue weighted by Crippen LogP contribution is 2.39. The lowest BCUT2D eigenvalue weighted by Gasteiger charge is -2.38. The summed E-state index contributed by atoms with van der Waals surface area (Å²) in [5.41, 5.74) is -2.61. The molecule has 1 saturated heterocycles. The van der Waals surface area contributed by atoms with Crippen molar-refractivity contribution in [3.63, 3.8) is 0 Å². The van der Waals surface area contributed by atoms with Gasteiger partial charge in [-0.1, -0.05) is 18.2 Å². The predicted molar refractivity (Wildman–Crippen MR) is 85.7 cm³/mol. The minimum Gasteiger partial charge on any atom is -0.381 e. The molecule has 1 aliphatic heterocycles. The van der Waals surface area contributed by atoms with Crippen LogP contribution in [-0.4, -0.2) is 24.7 Å². The standard InChI is InChI=1S/C18H15F7N2O/c19-12-14(13(20)16(22)27-15(12)21)26-9-17(4-6-28-7-5-17)10-2-1-3-11(8-10)18(23,24)25/h1-3,8H,4-7,9H2,(H,26,27). The molecule has 0 unspecified atom stereocenters. The first-order chi connectivity index (χ1) is 13.1. The molecule has 1 aliphatic rings. The minimum atomic E-state index is -4.56. The average molecular weight is 408 g/mol. The highest BCUT2D eigenvalue weighted by molar-refractivity contribution is 5.47. The third kappa shape index (κ3) is 3.91. The zero-order valence-electron chi connectivity index (χ0n) is 14.3. The third-order valence-electron chi connectivity index (χ3n) is 4.85. The average Bonchev–Trinajstić information content (AvgIpc) is 2.66. The van der Waals surface area contributed by atoms with Crippen molar-refractivity contribution in [1.29, 1.82) is 0 Å². The summed E-state index contributed by atoms with van der Waals surface area (Å²) < 4.78 is 98.8. The van der Waals surface area contributed by atoms with Crippen molar-refractivity contribution in [2.75, 3.05) is 25.1 Å². The number of anilines is 1. The summed E-state index contributed by atoms with van der Waals surface area (Å²) in [5.74, 6) is -7.04. The van der Waals surface area contributed by atoms with E-state index in [9.17, 15) is 30.7 Å². The van der Waals surface area contributed by atoms with Crippen molar-refractivity contribution < 1.29 is 35.5 Å². The molecule has 3 rings (SSSR count). The van der Waals surface area contributed by atoms with Gasteiger partial charge in [-0.25, -0.2) is 0 Å². The summed E-state index contributed by atoms with van der Waals surface area (Å²) in [6.45, 7) is 0.165. The van der Waals surface area contributed by atoms with E-state index >= 15 is 0 Å². The molecule has 0 bridgehead atoms. The molecule has 1 N–H and O–H groups in total. The van der Waals surface area contributed by atoms with E-state index in [0.29, 0.717) is 0 Å². The van der Waals surface area contributed by atoms with E-state index in [0.717, 1.165) is 12.1 Å². The highest BCUT2D eigenvalue weighted by Gasteiger charge is 2.38. The summed E-state index contributed by atoms with van der Waals surface area (Å²) in [5, 5.41) is 2.32. The van der Waals surface area contributed by atoms with Gasteiger partial charge in [-0.2, -0.15) is 35.7 Å². The van der Waals surface area contributed by atoms with Gasteiger partial charge in [0.25, 0.3) is 11.9 Å². The Kier molecular flexibility index (Phi) is 5.51. The Morgan fingerprint density at radius 3 is 2.18 bits per heavy atom. The van der Waals surface area contributed by atoms with Crippen LogP contribution in [0.3, 0.4) is 0 Å². The zero-order chi connectivity index (χ0) is 20.5. The fourth-order valence-electron chi connectivity index (χ4n) is 3.25. The third-order valence-corrected chi connectivity index (χ3v) is 4.85. The largest absolute Gasteiger partial charge is 0.416 e. The van der Waals surface area contributed by atoms with Crippen LogP contribution in [0.1, 0.15) is 24.0 Å². The fourth-order valence-corrected chi connectivity index (χ4v) is 3.25. The molecule has 1 fully saturated rings. The normalized spacial score (nSPS) is 16.8. The number of rotatable bonds is 4. The van der Waals surface area contributed by atoms with Crippen LogP contribution in [0.25, 0.3) is 0 Å². The van der Waals surface area contributed by atoms with E-state index < -0.39 is 46.4 Å². The van der Waals surface area contributed by atoms with Gasteiger partial charge in [0.05, 0.1) is 5.56 Å². The lowest BCUT2D eigenvalue weighted by atomic mass is 9.73. The molecule has 0 saturated carbocycles. The lowest BCUT2D eigenvalue weighted by molar-refractivity contribution is -0.137. The van der Waals surface area contributed by atoms with E-state index in [1.165, 1.54) is 12.1 Å². The molecule has 0 aliphatic carbocycles. The minimum absolute atomic E-state index is 0.210. The van der Waals surface area contributed by atoms with Crippen molar-refractivity contribution in [3.8, 4) is 0 Å². The first-order valence-electron chi connectivity index (χ1n) is 8.33. The molecule has 2 aromatic rings. The Labute approximate surface area is 155 Å². The predicted octanol–water partition coefficient (Wildman–Crippen LogP) is 4.82. The first kappa shape index (κ1) is 20.4. The van der Waals surface area contributed by atoms with Gasteiger partial charge in [0.15, 0.2) is 0 Å². The van der Waals surface area contributed by atoms with Crippen LogP contribution < -0.4 is 5.32 Å². The molecule has 3 nitrogen and oxygen atoms in total. The number of nitrogens with one attached hydrogen (secondary N) is 1. The second-order valence-electron chi connectivity index (χ2n) is 6.52. The van der Waals surface area contributed by atoms with Crippen LogP contribution in [0.5, 0.6) is 0 Å². The van der Waals surface area contributed by atoms with Crippen LogP contribution in [-0.2, 0) is 16.3 Å². The quantitative estimate of drug-likeness (QED) is 0.582. The Morgan fingerprint density at radius 2 is 1.61 bits per heavy atom. The molecule has 0 radical (unpaired) electrons.